The Hall–Kier alpha value is -3.62. The van der Waals surface area contributed by atoms with Crippen LogP contribution in [0, 0.1) is 17.6 Å². The van der Waals surface area contributed by atoms with Crippen molar-refractivity contribution in [2.24, 2.45) is 5.92 Å². The van der Waals surface area contributed by atoms with Crippen LogP contribution in [0.25, 0.3) is 0 Å². The van der Waals surface area contributed by atoms with Crippen LogP contribution in [0.1, 0.15) is 63.7 Å². The minimum atomic E-state index is -5.05. The molecule has 1 aliphatic rings. The van der Waals surface area contributed by atoms with Crippen LogP contribution in [0.4, 0.5) is 22.0 Å². The summed E-state index contributed by atoms with van der Waals surface area (Å²) < 4.78 is 72.0. The quantitative estimate of drug-likeness (QED) is 0.178. The van der Waals surface area contributed by atoms with Crippen molar-refractivity contribution in [3.8, 4) is 0 Å². The number of alkyl halides is 3. The van der Waals surface area contributed by atoms with Crippen LogP contribution in [0.15, 0.2) is 36.8 Å². The highest BCUT2D eigenvalue weighted by Crippen LogP contribution is 2.39. The summed E-state index contributed by atoms with van der Waals surface area (Å²) in [6.07, 6.45) is -1.26. The molecular formula is C27H24Cl2F5N5O4. The Balaban J connectivity index is 1.69. The van der Waals surface area contributed by atoms with Crippen LogP contribution in [0.2, 0.25) is 10.0 Å². The molecule has 1 saturated carbocycles. The van der Waals surface area contributed by atoms with Crippen LogP contribution in [0.3, 0.4) is 0 Å². The molecule has 43 heavy (non-hydrogen) atoms. The number of nitrogens with zero attached hydrogens (tertiary/aromatic N) is 4. The van der Waals surface area contributed by atoms with Gasteiger partial charge in [-0.1, -0.05) is 23.2 Å². The third-order valence-corrected chi connectivity index (χ3v) is 7.53. The van der Waals surface area contributed by atoms with Gasteiger partial charge in [-0.3, -0.25) is 28.9 Å². The number of carbonyl (C=O) groups is 3. The fourth-order valence-corrected chi connectivity index (χ4v) is 5.64. The van der Waals surface area contributed by atoms with Crippen molar-refractivity contribution in [1.29, 1.82) is 0 Å². The molecule has 230 valence electrons. The Labute approximate surface area is 251 Å². The highest BCUT2D eigenvalue weighted by Gasteiger charge is 2.43. The average Bonchev–Trinajstić information content (AvgIpc) is 3.38. The summed E-state index contributed by atoms with van der Waals surface area (Å²) in [6, 6.07) is 1.56. The number of Topliss-reactive ketones (excluding diaryl/α,β-unsaturated/α-hetero) is 1. The molecule has 1 N–H and O–H groups in total. The smallest absolute Gasteiger partial charge is 0.326 e. The van der Waals surface area contributed by atoms with Gasteiger partial charge in [0.05, 0.1) is 47.1 Å². The van der Waals surface area contributed by atoms with Crippen molar-refractivity contribution in [2.45, 2.75) is 44.4 Å². The maximum absolute atomic E-state index is 14.5. The normalized spacial score (nSPS) is 17.0. The fourth-order valence-electron chi connectivity index (χ4n) is 5.07. The molecule has 0 aliphatic heterocycles. The number of aromatic nitrogens is 3. The summed E-state index contributed by atoms with van der Waals surface area (Å²) in [5.41, 5.74) is -0.376. The second-order valence-electron chi connectivity index (χ2n) is 9.87. The van der Waals surface area contributed by atoms with E-state index >= 15 is 0 Å². The molecule has 0 unspecified atom stereocenters. The third-order valence-electron chi connectivity index (χ3n) is 6.96. The number of rotatable bonds is 9. The zero-order chi connectivity index (χ0) is 31.5. The molecule has 0 atom stereocenters. The number of hydroxylamine groups is 1. The molecule has 3 aromatic rings. The van der Waals surface area contributed by atoms with Crippen molar-refractivity contribution < 1.29 is 41.2 Å². The Morgan fingerprint density at radius 2 is 1.63 bits per heavy atom. The number of hydrogen-bond donors (Lipinski definition) is 1. The van der Waals surface area contributed by atoms with Gasteiger partial charge in [0.2, 0.25) is 5.91 Å². The highest BCUT2D eigenvalue weighted by atomic mass is 35.5. The van der Waals surface area contributed by atoms with E-state index in [1.165, 1.54) is 7.11 Å². The molecule has 4 rings (SSSR count). The summed E-state index contributed by atoms with van der Waals surface area (Å²) in [5.74, 6) is -4.97. The standard InChI is InChI=1S/C27H24Cl2F5N5O4/c1-43-37-25(41)15-2-4-18(5-3-15)39-24(27(32,33)34)19(9-36-39)26(42)38(12-14-6-16(30)8-17(31)7-14)13-22(40)23-20(28)10-35-11-21(23)29/h6-11,15,18H,2-5,12-13H2,1H3,(H,37,41). The maximum atomic E-state index is 14.5. The number of ketones is 1. The SMILES string of the molecule is CONC(=O)C1CCC(n2ncc(C(=O)N(CC(=O)c3c(Cl)cncc3Cl)Cc3cc(F)cc(F)c3)c2C(F)(F)F)CC1. The number of carbonyl (C=O) groups excluding carboxylic acids is 3. The Morgan fingerprint density at radius 3 is 2.19 bits per heavy atom. The lowest BCUT2D eigenvalue weighted by Crippen LogP contribution is -2.37. The van der Waals surface area contributed by atoms with E-state index in [2.05, 4.69) is 20.4 Å². The molecule has 1 aliphatic carbocycles. The topological polar surface area (TPSA) is 106 Å². The second-order valence-corrected chi connectivity index (χ2v) is 10.7. The predicted molar refractivity (Wildman–Crippen MR) is 143 cm³/mol. The molecule has 9 nitrogen and oxygen atoms in total. The van der Waals surface area contributed by atoms with Crippen LogP contribution in [0.5, 0.6) is 0 Å². The summed E-state index contributed by atoms with van der Waals surface area (Å²) >= 11 is 12.1. The first-order valence-electron chi connectivity index (χ1n) is 12.8. The molecule has 16 heteroatoms. The van der Waals surface area contributed by atoms with Gasteiger partial charge in [0.25, 0.3) is 5.91 Å². The Morgan fingerprint density at radius 1 is 1.02 bits per heavy atom. The zero-order valence-corrected chi connectivity index (χ0v) is 23.9. The first-order chi connectivity index (χ1) is 20.3. The molecule has 1 fully saturated rings. The van der Waals surface area contributed by atoms with E-state index in [4.69, 9.17) is 23.2 Å². The second kappa shape index (κ2) is 13.3. The fraction of sp³-hybridized carbons (Fsp3) is 0.370. The van der Waals surface area contributed by atoms with Gasteiger partial charge in [-0.15, -0.1) is 0 Å². The van der Waals surface area contributed by atoms with E-state index in [9.17, 15) is 36.3 Å². The first-order valence-corrected chi connectivity index (χ1v) is 13.6. The van der Waals surface area contributed by atoms with E-state index in [1.54, 1.807) is 0 Å². The number of nitrogens with one attached hydrogen (secondary N) is 1. The predicted octanol–water partition coefficient (Wildman–Crippen LogP) is 5.82. The molecule has 0 bridgehead atoms. The van der Waals surface area contributed by atoms with Gasteiger partial charge in [-0.25, -0.2) is 14.3 Å². The maximum Gasteiger partial charge on any atom is 0.433 e. The lowest BCUT2D eigenvalue weighted by Gasteiger charge is -2.29. The van der Waals surface area contributed by atoms with Crippen LogP contribution in [-0.2, 0) is 22.4 Å². The van der Waals surface area contributed by atoms with Crippen molar-refractivity contribution in [2.75, 3.05) is 13.7 Å². The minimum Gasteiger partial charge on any atom is -0.326 e. The van der Waals surface area contributed by atoms with Crippen LogP contribution >= 0.6 is 23.2 Å². The van der Waals surface area contributed by atoms with Crippen molar-refractivity contribution >= 4 is 40.8 Å². The third kappa shape index (κ3) is 7.48. The summed E-state index contributed by atoms with van der Waals surface area (Å²) in [5, 5.41) is 3.55. The van der Waals surface area contributed by atoms with E-state index in [1.807, 2.05) is 0 Å². The molecule has 2 amide bonds. The zero-order valence-electron chi connectivity index (χ0n) is 22.4. The number of benzene rings is 1. The molecule has 2 aromatic heterocycles. The molecular weight excluding hydrogens is 624 g/mol. The number of amides is 2. The van der Waals surface area contributed by atoms with E-state index in [0.717, 1.165) is 30.7 Å². The van der Waals surface area contributed by atoms with E-state index < -0.39 is 71.7 Å². The first kappa shape index (κ1) is 32.3. The van der Waals surface area contributed by atoms with Crippen molar-refractivity contribution in [3.05, 3.63) is 80.9 Å². The number of halogens is 7. The van der Waals surface area contributed by atoms with Gasteiger partial charge >= 0.3 is 6.18 Å². The number of pyridine rings is 1. The Bertz CT molecular complexity index is 1490. The van der Waals surface area contributed by atoms with Gasteiger partial charge < -0.3 is 4.90 Å². The lowest BCUT2D eigenvalue weighted by atomic mass is 9.85. The minimum absolute atomic E-state index is 0.126. The number of hydrogen-bond acceptors (Lipinski definition) is 6. The van der Waals surface area contributed by atoms with E-state index in [0.29, 0.717) is 15.6 Å². The largest absolute Gasteiger partial charge is 0.433 e. The van der Waals surface area contributed by atoms with Gasteiger partial charge in [-0.2, -0.15) is 18.3 Å². The monoisotopic (exact) mass is 647 g/mol. The summed E-state index contributed by atoms with van der Waals surface area (Å²) in [7, 11) is 1.27. The summed E-state index contributed by atoms with van der Waals surface area (Å²) in [6.45, 7) is -1.48. The average molecular weight is 648 g/mol. The highest BCUT2D eigenvalue weighted by molar-refractivity contribution is 6.39. The van der Waals surface area contributed by atoms with Gasteiger partial charge in [-0.05, 0) is 43.4 Å². The molecule has 0 spiro atoms. The molecule has 1 aromatic carbocycles. The van der Waals surface area contributed by atoms with Crippen molar-refractivity contribution in [1.82, 2.24) is 25.1 Å². The van der Waals surface area contributed by atoms with Gasteiger partial charge in [0.1, 0.15) is 11.6 Å². The van der Waals surface area contributed by atoms with Gasteiger partial charge in [0, 0.05) is 30.9 Å². The molecule has 0 saturated heterocycles. The Kier molecular flexibility index (Phi) is 10.0. The molecule has 0 radical (unpaired) electrons. The van der Waals surface area contributed by atoms with E-state index in [-0.39, 0.29) is 46.9 Å². The van der Waals surface area contributed by atoms with Gasteiger partial charge in [0.15, 0.2) is 11.5 Å². The van der Waals surface area contributed by atoms with Crippen LogP contribution in [-0.4, -0.2) is 50.9 Å². The van der Waals surface area contributed by atoms with Crippen molar-refractivity contribution in [3.63, 3.8) is 0 Å². The summed E-state index contributed by atoms with van der Waals surface area (Å²) in [4.78, 5) is 48.1. The molecule has 2 heterocycles. The van der Waals surface area contributed by atoms with Crippen LogP contribution < -0.4 is 5.48 Å². The lowest BCUT2D eigenvalue weighted by molar-refractivity contribution is -0.146.